The zero-order valence-electron chi connectivity index (χ0n) is 6.68. The topological polar surface area (TPSA) is 29.1 Å². The van der Waals surface area contributed by atoms with E-state index in [1.165, 1.54) is 0 Å². The molecule has 0 aliphatic heterocycles. The summed E-state index contributed by atoms with van der Waals surface area (Å²) in [6, 6.07) is 0. The first-order chi connectivity index (χ1) is 4.81. The normalized spacial score (nSPS) is 10.2. The summed E-state index contributed by atoms with van der Waals surface area (Å²) < 4.78 is 0. The predicted molar refractivity (Wildman–Crippen MR) is 42.7 cm³/mol. The highest BCUT2D eigenvalue weighted by Crippen LogP contribution is 1.87. The Balaban J connectivity index is 3.36. The predicted octanol–water partition coefficient (Wildman–Crippen LogP) is 1.48. The van der Waals surface area contributed by atoms with Gasteiger partial charge in [0.05, 0.1) is 0 Å². The molecule has 1 amide bonds. The van der Waals surface area contributed by atoms with E-state index in [0.29, 0.717) is 6.54 Å². The second-order valence-corrected chi connectivity index (χ2v) is 2.09. The number of rotatable bonds is 4. The molecule has 0 aliphatic carbocycles. The number of amides is 1. The minimum atomic E-state index is 0.0101. The molecule has 0 spiro atoms. The summed E-state index contributed by atoms with van der Waals surface area (Å²) >= 11 is 0. The zero-order chi connectivity index (χ0) is 7.82. The lowest BCUT2D eigenvalue weighted by molar-refractivity contribution is -0.116. The van der Waals surface area contributed by atoms with Gasteiger partial charge in [-0.2, -0.15) is 0 Å². The lowest BCUT2D eigenvalue weighted by Gasteiger charge is -1.93. The summed E-state index contributed by atoms with van der Waals surface area (Å²) in [5, 5.41) is 2.68. The summed E-state index contributed by atoms with van der Waals surface area (Å²) in [5.41, 5.74) is 0. The van der Waals surface area contributed by atoms with E-state index in [9.17, 15) is 4.79 Å². The Morgan fingerprint density at radius 2 is 2.20 bits per heavy atom. The fraction of sp³-hybridized carbons (Fsp3) is 0.625. The molecule has 0 fully saturated rings. The monoisotopic (exact) mass is 141 g/mol. The number of hydrogen-bond donors (Lipinski definition) is 1. The summed E-state index contributed by atoms with van der Waals surface area (Å²) in [5.74, 6) is 0.0101. The van der Waals surface area contributed by atoms with Gasteiger partial charge in [0.25, 0.3) is 0 Å². The van der Waals surface area contributed by atoms with Crippen LogP contribution in [-0.2, 0) is 4.79 Å². The van der Waals surface area contributed by atoms with Crippen LogP contribution >= 0.6 is 0 Å². The van der Waals surface area contributed by atoms with Gasteiger partial charge >= 0.3 is 0 Å². The molecule has 10 heavy (non-hydrogen) atoms. The SMILES string of the molecule is CCC/C=C/C(=O)NCC. The molecule has 0 aromatic heterocycles. The van der Waals surface area contributed by atoms with Crippen LogP contribution in [0.5, 0.6) is 0 Å². The molecule has 0 saturated carbocycles. The molecule has 0 heterocycles. The summed E-state index contributed by atoms with van der Waals surface area (Å²) in [6.45, 7) is 4.70. The van der Waals surface area contributed by atoms with Gasteiger partial charge in [-0.3, -0.25) is 4.79 Å². The molecule has 0 bridgehead atoms. The van der Waals surface area contributed by atoms with Crippen molar-refractivity contribution < 1.29 is 4.79 Å². The third kappa shape index (κ3) is 5.35. The Kier molecular flexibility index (Phi) is 5.83. The average Bonchev–Trinajstić information content (AvgIpc) is 1.89. The van der Waals surface area contributed by atoms with Crippen molar-refractivity contribution in [2.75, 3.05) is 6.54 Å². The second-order valence-electron chi connectivity index (χ2n) is 2.09. The Morgan fingerprint density at radius 3 is 2.70 bits per heavy atom. The maximum atomic E-state index is 10.7. The molecule has 1 N–H and O–H groups in total. The zero-order valence-corrected chi connectivity index (χ0v) is 6.68. The molecule has 0 aromatic rings. The molecular formula is C8H15NO. The largest absolute Gasteiger partial charge is 0.353 e. The Morgan fingerprint density at radius 1 is 1.50 bits per heavy atom. The van der Waals surface area contributed by atoms with E-state index in [4.69, 9.17) is 0 Å². The van der Waals surface area contributed by atoms with Crippen molar-refractivity contribution in [1.29, 1.82) is 0 Å². The fourth-order valence-corrected chi connectivity index (χ4v) is 0.590. The number of hydrogen-bond acceptors (Lipinski definition) is 1. The lowest BCUT2D eigenvalue weighted by atomic mass is 10.3. The summed E-state index contributed by atoms with van der Waals surface area (Å²) in [4.78, 5) is 10.7. The van der Waals surface area contributed by atoms with E-state index in [2.05, 4.69) is 12.2 Å². The minimum Gasteiger partial charge on any atom is -0.353 e. The molecule has 0 unspecified atom stereocenters. The van der Waals surface area contributed by atoms with E-state index in [0.717, 1.165) is 12.8 Å². The standard InChI is InChI=1S/C8H15NO/c1-3-5-6-7-8(10)9-4-2/h6-7H,3-5H2,1-2H3,(H,9,10)/b7-6+. The average molecular weight is 141 g/mol. The van der Waals surface area contributed by atoms with Gasteiger partial charge in [0, 0.05) is 6.54 Å². The maximum absolute atomic E-state index is 10.7. The van der Waals surface area contributed by atoms with Crippen LogP contribution in [0.4, 0.5) is 0 Å². The van der Waals surface area contributed by atoms with Gasteiger partial charge in [-0.15, -0.1) is 0 Å². The fourth-order valence-electron chi connectivity index (χ4n) is 0.590. The smallest absolute Gasteiger partial charge is 0.243 e. The first-order valence-electron chi connectivity index (χ1n) is 3.75. The first kappa shape index (κ1) is 9.21. The minimum absolute atomic E-state index is 0.0101. The van der Waals surface area contributed by atoms with E-state index >= 15 is 0 Å². The van der Waals surface area contributed by atoms with Crippen LogP contribution in [0.3, 0.4) is 0 Å². The van der Waals surface area contributed by atoms with Gasteiger partial charge in [-0.05, 0) is 19.4 Å². The van der Waals surface area contributed by atoms with Crippen LogP contribution in [-0.4, -0.2) is 12.5 Å². The first-order valence-corrected chi connectivity index (χ1v) is 3.75. The van der Waals surface area contributed by atoms with Crippen LogP contribution in [0.25, 0.3) is 0 Å². The Labute approximate surface area is 62.3 Å². The molecule has 0 atom stereocenters. The van der Waals surface area contributed by atoms with Crippen molar-refractivity contribution in [3.8, 4) is 0 Å². The Hall–Kier alpha value is -0.790. The van der Waals surface area contributed by atoms with E-state index in [1.54, 1.807) is 6.08 Å². The number of carbonyl (C=O) groups is 1. The molecule has 0 saturated heterocycles. The number of allylic oxidation sites excluding steroid dienone is 1. The van der Waals surface area contributed by atoms with Crippen LogP contribution in [0, 0.1) is 0 Å². The second kappa shape index (κ2) is 6.33. The van der Waals surface area contributed by atoms with Gasteiger partial charge in [-0.1, -0.05) is 19.4 Å². The van der Waals surface area contributed by atoms with Gasteiger partial charge in [0.15, 0.2) is 0 Å². The van der Waals surface area contributed by atoms with E-state index in [-0.39, 0.29) is 5.91 Å². The summed E-state index contributed by atoms with van der Waals surface area (Å²) in [7, 11) is 0. The molecule has 2 heteroatoms. The summed E-state index contributed by atoms with van der Waals surface area (Å²) in [6.07, 6.45) is 5.56. The van der Waals surface area contributed by atoms with Crippen molar-refractivity contribution in [2.24, 2.45) is 0 Å². The van der Waals surface area contributed by atoms with Gasteiger partial charge in [-0.25, -0.2) is 0 Å². The van der Waals surface area contributed by atoms with Crippen molar-refractivity contribution in [3.63, 3.8) is 0 Å². The highest BCUT2D eigenvalue weighted by Gasteiger charge is 1.87. The van der Waals surface area contributed by atoms with Crippen molar-refractivity contribution in [2.45, 2.75) is 26.7 Å². The van der Waals surface area contributed by atoms with Gasteiger partial charge < -0.3 is 5.32 Å². The molecule has 0 radical (unpaired) electrons. The van der Waals surface area contributed by atoms with Crippen molar-refractivity contribution in [1.82, 2.24) is 5.32 Å². The van der Waals surface area contributed by atoms with Crippen molar-refractivity contribution >= 4 is 5.91 Å². The van der Waals surface area contributed by atoms with Crippen LogP contribution in [0.1, 0.15) is 26.7 Å². The molecular weight excluding hydrogens is 126 g/mol. The highest BCUT2D eigenvalue weighted by molar-refractivity contribution is 5.87. The number of nitrogens with one attached hydrogen (secondary N) is 1. The quantitative estimate of drug-likeness (QED) is 0.590. The number of carbonyl (C=O) groups excluding carboxylic acids is 1. The van der Waals surface area contributed by atoms with Gasteiger partial charge in [0.1, 0.15) is 0 Å². The molecule has 0 rings (SSSR count). The van der Waals surface area contributed by atoms with Crippen molar-refractivity contribution in [3.05, 3.63) is 12.2 Å². The number of unbranched alkanes of at least 4 members (excludes halogenated alkanes) is 1. The highest BCUT2D eigenvalue weighted by atomic mass is 16.1. The lowest BCUT2D eigenvalue weighted by Crippen LogP contribution is -2.19. The number of likely N-dealkylation sites (N-methyl/N-ethyl adjacent to an activating group) is 1. The maximum Gasteiger partial charge on any atom is 0.243 e. The third-order valence-electron chi connectivity index (χ3n) is 1.08. The van der Waals surface area contributed by atoms with E-state index in [1.807, 2.05) is 13.0 Å². The van der Waals surface area contributed by atoms with Gasteiger partial charge in [0.2, 0.25) is 5.91 Å². The van der Waals surface area contributed by atoms with E-state index < -0.39 is 0 Å². The Bertz CT molecular complexity index is 118. The van der Waals surface area contributed by atoms with Crippen LogP contribution < -0.4 is 5.32 Å². The third-order valence-corrected chi connectivity index (χ3v) is 1.08. The molecule has 0 aromatic carbocycles. The van der Waals surface area contributed by atoms with Crippen LogP contribution in [0.2, 0.25) is 0 Å². The molecule has 58 valence electrons. The molecule has 0 aliphatic rings. The van der Waals surface area contributed by atoms with Crippen LogP contribution in [0.15, 0.2) is 12.2 Å². The molecule has 2 nitrogen and oxygen atoms in total.